The first-order valence-electron chi connectivity index (χ1n) is 7.25. The molecule has 2 N–H and O–H groups in total. The molecule has 0 aromatic carbocycles. The Morgan fingerprint density at radius 1 is 1.52 bits per heavy atom. The molecule has 0 aliphatic rings. The third-order valence-electron chi connectivity index (χ3n) is 3.20. The van der Waals surface area contributed by atoms with Crippen LogP contribution in [0.3, 0.4) is 0 Å². The molecule has 0 fully saturated rings. The van der Waals surface area contributed by atoms with Gasteiger partial charge in [0.05, 0.1) is 5.75 Å². The van der Waals surface area contributed by atoms with Gasteiger partial charge in [-0.25, -0.2) is 0 Å². The molecule has 1 amide bonds. The topological polar surface area (TPSA) is 80.0 Å². The van der Waals surface area contributed by atoms with Crippen molar-refractivity contribution < 1.29 is 9.90 Å². The van der Waals surface area contributed by atoms with Crippen molar-refractivity contribution in [2.75, 3.05) is 18.9 Å². The molecule has 0 saturated heterocycles. The van der Waals surface area contributed by atoms with Crippen LogP contribution in [0.4, 0.5) is 0 Å². The molecule has 0 aliphatic heterocycles. The highest BCUT2D eigenvalue weighted by molar-refractivity contribution is 7.99. The normalized spacial score (nSPS) is 11.9. The summed E-state index contributed by atoms with van der Waals surface area (Å²) in [4.78, 5) is 11.9. The Balaban J connectivity index is 2.36. The number of aromatic nitrogens is 3. The van der Waals surface area contributed by atoms with Crippen LogP contribution in [-0.2, 0) is 4.79 Å². The molecule has 1 aromatic heterocycles. The van der Waals surface area contributed by atoms with Crippen LogP contribution in [-0.4, -0.2) is 44.7 Å². The van der Waals surface area contributed by atoms with Gasteiger partial charge in [-0.1, -0.05) is 25.6 Å². The van der Waals surface area contributed by atoms with Crippen LogP contribution in [0.15, 0.2) is 11.5 Å². The number of carbonyl (C=O) groups is 1. The van der Waals surface area contributed by atoms with Crippen molar-refractivity contribution >= 4 is 17.7 Å². The summed E-state index contributed by atoms with van der Waals surface area (Å²) < 4.78 is 1.95. The van der Waals surface area contributed by atoms with Gasteiger partial charge >= 0.3 is 0 Å². The molecule has 1 heterocycles. The minimum atomic E-state index is -0.00428. The lowest BCUT2D eigenvalue weighted by Crippen LogP contribution is -2.35. The van der Waals surface area contributed by atoms with Crippen molar-refractivity contribution in [2.24, 2.45) is 5.41 Å². The van der Waals surface area contributed by atoms with Gasteiger partial charge in [-0.2, -0.15) is 0 Å². The minimum absolute atomic E-state index is 0.00100. The van der Waals surface area contributed by atoms with E-state index in [-0.39, 0.29) is 24.0 Å². The van der Waals surface area contributed by atoms with E-state index in [0.717, 1.165) is 18.0 Å². The summed E-state index contributed by atoms with van der Waals surface area (Å²) in [5.74, 6) is 0.331. The summed E-state index contributed by atoms with van der Waals surface area (Å²) >= 11 is 1.40. The zero-order valence-corrected chi connectivity index (χ0v) is 14.1. The van der Waals surface area contributed by atoms with E-state index in [2.05, 4.69) is 43.2 Å². The molecular weight excluding hydrogens is 288 g/mol. The molecule has 21 heavy (non-hydrogen) atoms. The first kappa shape index (κ1) is 18.0. The Labute approximate surface area is 130 Å². The summed E-state index contributed by atoms with van der Waals surface area (Å²) in [7, 11) is 0. The standard InChI is InChI=1S/C14H26N4O2S/c1-11(2)18-10-16-17-13(18)21-8-12(20)15-9-14(3,4)6-5-7-19/h10-11,19H,5-9H2,1-4H3,(H,15,20). The first-order valence-corrected chi connectivity index (χ1v) is 8.24. The van der Waals surface area contributed by atoms with Gasteiger partial charge in [0.2, 0.25) is 5.91 Å². The third kappa shape index (κ3) is 6.48. The highest BCUT2D eigenvalue weighted by Crippen LogP contribution is 2.21. The maximum absolute atomic E-state index is 11.9. The fourth-order valence-corrected chi connectivity index (χ4v) is 2.73. The predicted octanol–water partition coefficient (Wildman–Crippen LogP) is 1.87. The molecule has 0 saturated carbocycles. The molecule has 7 heteroatoms. The zero-order valence-electron chi connectivity index (χ0n) is 13.3. The Hall–Kier alpha value is -1.08. The average molecular weight is 314 g/mol. The van der Waals surface area contributed by atoms with Crippen LogP contribution in [0.25, 0.3) is 0 Å². The van der Waals surface area contributed by atoms with Crippen molar-refractivity contribution in [1.29, 1.82) is 0 Å². The predicted molar refractivity (Wildman–Crippen MR) is 84.2 cm³/mol. The van der Waals surface area contributed by atoms with Crippen LogP contribution in [0.1, 0.15) is 46.6 Å². The largest absolute Gasteiger partial charge is 0.396 e. The highest BCUT2D eigenvalue weighted by Gasteiger charge is 2.18. The number of thioether (sulfide) groups is 1. The van der Waals surface area contributed by atoms with Gasteiger partial charge in [0, 0.05) is 19.2 Å². The number of carbonyl (C=O) groups excluding carboxylic acids is 1. The van der Waals surface area contributed by atoms with Crippen LogP contribution in [0.2, 0.25) is 0 Å². The van der Waals surface area contributed by atoms with E-state index in [1.54, 1.807) is 6.33 Å². The Morgan fingerprint density at radius 3 is 2.86 bits per heavy atom. The number of rotatable bonds is 9. The summed E-state index contributed by atoms with van der Waals surface area (Å²) in [6.07, 6.45) is 3.33. The van der Waals surface area contributed by atoms with Gasteiger partial charge in [-0.05, 0) is 32.1 Å². The number of aliphatic hydroxyl groups is 1. The summed E-state index contributed by atoms with van der Waals surface area (Å²) in [6, 6.07) is 0.281. The second-order valence-corrected chi connectivity index (χ2v) is 7.11. The van der Waals surface area contributed by atoms with Gasteiger partial charge < -0.3 is 15.0 Å². The minimum Gasteiger partial charge on any atom is -0.396 e. The molecule has 1 rings (SSSR count). The van der Waals surface area contributed by atoms with E-state index >= 15 is 0 Å². The van der Waals surface area contributed by atoms with Crippen molar-refractivity contribution in [1.82, 2.24) is 20.1 Å². The lowest BCUT2D eigenvalue weighted by molar-refractivity contribution is -0.119. The maximum atomic E-state index is 11.9. The number of aliphatic hydroxyl groups excluding tert-OH is 1. The third-order valence-corrected chi connectivity index (χ3v) is 4.16. The number of amides is 1. The summed E-state index contributed by atoms with van der Waals surface area (Å²) in [5, 5.41) is 20.5. The van der Waals surface area contributed by atoms with Crippen LogP contribution in [0.5, 0.6) is 0 Å². The number of nitrogens with zero attached hydrogens (tertiary/aromatic N) is 3. The van der Waals surface area contributed by atoms with E-state index in [0.29, 0.717) is 12.3 Å². The van der Waals surface area contributed by atoms with Gasteiger partial charge in [0.15, 0.2) is 5.16 Å². The lowest BCUT2D eigenvalue weighted by atomic mass is 9.88. The Morgan fingerprint density at radius 2 is 2.24 bits per heavy atom. The van der Waals surface area contributed by atoms with Crippen molar-refractivity contribution in [3.05, 3.63) is 6.33 Å². The number of hydrogen-bond donors (Lipinski definition) is 2. The van der Waals surface area contributed by atoms with Gasteiger partial charge in [-0.3, -0.25) is 4.79 Å². The van der Waals surface area contributed by atoms with E-state index in [1.807, 2.05) is 4.57 Å². The summed E-state index contributed by atoms with van der Waals surface area (Å²) in [5.41, 5.74) is 0.00100. The molecule has 0 radical (unpaired) electrons. The average Bonchev–Trinajstić information content (AvgIpc) is 2.89. The van der Waals surface area contributed by atoms with Crippen molar-refractivity contribution in [3.8, 4) is 0 Å². The Kier molecular flexibility index (Phi) is 7.17. The smallest absolute Gasteiger partial charge is 0.230 e. The second kappa shape index (κ2) is 8.38. The van der Waals surface area contributed by atoms with Gasteiger partial charge in [0.1, 0.15) is 6.33 Å². The molecule has 0 bridgehead atoms. The van der Waals surface area contributed by atoms with Crippen LogP contribution in [0, 0.1) is 5.41 Å². The molecule has 0 atom stereocenters. The number of nitrogens with one attached hydrogen (secondary N) is 1. The zero-order chi connectivity index (χ0) is 15.9. The summed E-state index contributed by atoms with van der Waals surface area (Å²) in [6.45, 7) is 9.09. The Bertz CT molecular complexity index is 446. The molecule has 0 spiro atoms. The fraction of sp³-hybridized carbons (Fsp3) is 0.786. The lowest BCUT2D eigenvalue weighted by Gasteiger charge is -2.24. The van der Waals surface area contributed by atoms with E-state index in [9.17, 15) is 4.79 Å². The van der Waals surface area contributed by atoms with E-state index in [4.69, 9.17) is 5.11 Å². The monoisotopic (exact) mass is 314 g/mol. The quantitative estimate of drug-likeness (QED) is 0.680. The maximum Gasteiger partial charge on any atom is 0.230 e. The SMILES string of the molecule is CC(C)n1cnnc1SCC(=O)NCC(C)(C)CCCO. The number of hydrogen-bond acceptors (Lipinski definition) is 5. The second-order valence-electron chi connectivity index (χ2n) is 6.17. The molecular formula is C14H26N4O2S. The molecule has 6 nitrogen and oxygen atoms in total. The highest BCUT2D eigenvalue weighted by atomic mass is 32.2. The van der Waals surface area contributed by atoms with Crippen molar-refractivity contribution in [3.63, 3.8) is 0 Å². The first-order chi connectivity index (χ1) is 9.85. The van der Waals surface area contributed by atoms with Gasteiger partial charge in [0.25, 0.3) is 0 Å². The van der Waals surface area contributed by atoms with Gasteiger partial charge in [-0.15, -0.1) is 10.2 Å². The molecule has 0 aliphatic carbocycles. The molecule has 0 unspecified atom stereocenters. The van der Waals surface area contributed by atoms with Crippen LogP contribution < -0.4 is 5.32 Å². The molecule has 120 valence electrons. The molecule has 1 aromatic rings. The van der Waals surface area contributed by atoms with E-state index < -0.39 is 0 Å². The van der Waals surface area contributed by atoms with Crippen LogP contribution >= 0.6 is 11.8 Å². The van der Waals surface area contributed by atoms with Crippen molar-refractivity contribution in [2.45, 2.75) is 51.7 Å². The van der Waals surface area contributed by atoms with E-state index in [1.165, 1.54) is 11.8 Å². The fourth-order valence-electron chi connectivity index (χ4n) is 1.85.